The molecule has 0 bridgehead atoms. The van der Waals surface area contributed by atoms with Gasteiger partial charge in [-0.1, -0.05) is 140 Å². The minimum absolute atomic E-state index is 0.343. The van der Waals surface area contributed by atoms with Gasteiger partial charge >= 0.3 is 0 Å². The fourth-order valence-corrected chi connectivity index (χ4v) is 16.9. The maximum atomic E-state index is 6.90. The summed E-state index contributed by atoms with van der Waals surface area (Å²) in [5.74, 6) is 5.44. The first-order chi connectivity index (χ1) is 34.3. The zero-order chi connectivity index (χ0) is 49.7. The van der Waals surface area contributed by atoms with Crippen LogP contribution >= 0.6 is 20.1 Å². The number of rotatable bonds is 8. The van der Waals surface area contributed by atoms with Gasteiger partial charge in [0.05, 0.1) is 34.1 Å². The van der Waals surface area contributed by atoms with Crippen molar-refractivity contribution in [1.29, 1.82) is 0 Å². The van der Waals surface area contributed by atoms with Crippen molar-refractivity contribution in [2.24, 2.45) is 11.8 Å². The molecule has 0 saturated carbocycles. The summed E-state index contributed by atoms with van der Waals surface area (Å²) < 4.78 is 13.7. The van der Waals surface area contributed by atoms with E-state index in [-0.39, 0.29) is 0 Å². The predicted octanol–water partition coefficient (Wildman–Crippen LogP) is 20.4. The van der Waals surface area contributed by atoms with E-state index in [4.69, 9.17) is 9.47 Å². The first kappa shape index (κ1) is 47.0. The van der Waals surface area contributed by atoms with E-state index in [0.717, 1.165) is 52.2 Å². The first-order valence-electron chi connectivity index (χ1n) is 25.7. The number of benzene rings is 8. The van der Waals surface area contributed by atoms with Crippen molar-refractivity contribution < 1.29 is 9.47 Å². The monoisotopic (exact) mass is 972 g/mol. The summed E-state index contributed by atoms with van der Waals surface area (Å²) in [7, 11) is -2.75. The molecule has 0 fully saturated rings. The van der Waals surface area contributed by atoms with Crippen molar-refractivity contribution in [2.45, 2.75) is 93.2 Å². The Hall–Kier alpha value is -6.34. The summed E-state index contributed by atoms with van der Waals surface area (Å²) in [5.41, 5.74) is 17.2. The summed E-state index contributed by atoms with van der Waals surface area (Å²) in [6.07, 6.45) is 11.0. The Labute approximate surface area is 426 Å². The van der Waals surface area contributed by atoms with E-state index in [1.807, 2.05) is 13.8 Å². The van der Waals surface area contributed by atoms with Crippen LogP contribution in [0.5, 0.6) is 23.0 Å². The second-order valence-corrected chi connectivity index (χ2v) is 27.9. The summed E-state index contributed by atoms with van der Waals surface area (Å²) in [6.45, 7) is 17.9. The van der Waals surface area contributed by atoms with Crippen molar-refractivity contribution in [1.82, 2.24) is 0 Å². The van der Waals surface area contributed by atoms with E-state index in [0.29, 0.717) is 23.7 Å². The fraction of sp³-hybridized carbons (Fsp3) is 0.262. The third-order valence-electron chi connectivity index (χ3n) is 15.8. The number of fused-ring (bicyclic) bond motifs is 10. The molecular formula is C65H68N2O2S2. The largest absolute Gasteiger partial charge is 0.453 e. The van der Waals surface area contributed by atoms with Gasteiger partial charge in [-0.15, -0.1) is 0 Å². The van der Waals surface area contributed by atoms with Crippen LogP contribution in [0.4, 0.5) is 34.1 Å². The molecule has 12 rings (SSSR count). The predicted molar refractivity (Wildman–Crippen MR) is 307 cm³/mol. The Morgan fingerprint density at radius 2 is 0.831 bits per heavy atom. The maximum absolute atomic E-state index is 6.90. The van der Waals surface area contributed by atoms with Crippen LogP contribution in [0.25, 0.3) is 33.4 Å². The summed E-state index contributed by atoms with van der Waals surface area (Å²) in [5, 5.41) is 0. The van der Waals surface area contributed by atoms with Crippen LogP contribution in [0.2, 0.25) is 0 Å². The highest BCUT2D eigenvalue weighted by atomic mass is 32.3. The number of hydrogen-bond donors (Lipinski definition) is 0. The molecular weight excluding hydrogens is 905 g/mol. The quantitative estimate of drug-likeness (QED) is 0.151. The van der Waals surface area contributed by atoms with Crippen LogP contribution in [0, 0.1) is 11.8 Å². The fourth-order valence-electron chi connectivity index (χ4n) is 11.9. The molecule has 6 heteroatoms. The molecule has 362 valence electrons. The minimum Gasteiger partial charge on any atom is -0.453 e. The number of ether oxygens (including phenoxy) is 2. The average Bonchev–Trinajstić information content (AvgIpc) is 3.76. The van der Waals surface area contributed by atoms with Gasteiger partial charge in [-0.2, -0.15) is 20.1 Å². The topological polar surface area (TPSA) is 24.9 Å². The van der Waals surface area contributed by atoms with Crippen molar-refractivity contribution >= 4 is 54.2 Å². The van der Waals surface area contributed by atoms with E-state index in [1.54, 1.807) is 0 Å². The smallest absolute Gasteiger partial charge is 0.155 e. The Morgan fingerprint density at radius 1 is 0.423 bits per heavy atom. The van der Waals surface area contributed by atoms with Crippen LogP contribution < -0.4 is 19.3 Å². The van der Waals surface area contributed by atoms with Gasteiger partial charge in [0, 0.05) is 41.8 Å². The number of nitrogens with zero attached hydrogens (tertiary/aromatic N) is 2. The average molecular weight is 973 g/mol. The number of anilines is 6. The van der Waals surface area contributed by atoms with Gasteiger partial charge in [-0.3, -0.25) is 0 Å². The maximum Gasteiger partial charge on any atom is 0.155 e. The molecule has 71 heavy (non-hydrogen) atoms. The first-order valence-corrected chi connectivity index (χ1v) is 30.6. The van der Waals surface area contributed by atoms with Crippen molar-refractivity contribution in [2.75, 3.05) is 34.8 Å². The highest BCUT2D eigenvalue weighted by Crippen LogP contribution is 2.72. The molecule has 4 nitrogen and oxygen atoms in total. The number of hydrogen-bond acceptors (Lipinski definition) is 4. The third-order valence-corrected chi connectivity index (χ3v) is 21.6. The molecule has 0 amide bonds. The minimum atomic E-state index is -1.38. The third kappa shape index (κ3) is 7.18. The highest BCUT2D eigenvalue weighted by Gasteiger charge is 2.40. The van der Waals surface area contributed by atoms with Crippen molar-refractivity contribution in [3.05, 3.63) is 169 Å². The van der Waals surface area contributed by atoms with Gasteiger partial charge in [0.25, 0.3) is 0 Å². The second-order valence-electron chi connectivity index (χ2n) is 20.9. The molecule has 4 aliphatic heterocycles. The molecule has 4 aliphatic rings. The molecule has 4 heterocycles. The second kappa shape index (κ2) is 17.8. The summed E-state index contributed by atoms with van der Waals surface area (Å²) >= 11 is 0. The van der Waals surface area contributed by atoms with E-state index < -0.39 is 20.1 Å². The summed E-state index contributed by atoms with van der Waals surface area (Å²) in [6, 6.07) is 59.1. The van der Waals surface area contributed by atoms with Crippen LogP contribution in [0.3, 0.4) is 0 Å². The zero-order valence-corrected chi connectivity index (χ0v) is 45.2. The molecule has 0 saturated heterocycles. The Kier molecular flexibility index (Phi) is 11.8. The lowest BCUT2D eigenvalue weighted by molar-refractivity contribution is 0.433. The zero-order valence-electron chi connectivity index (χ0n) is 43.6. The lowest BCUT2D eigenvalue weighted by Crippen LogP contribution is -2.19. The van der Waals surface area contributed by atoms with Gasteiger partial charge in [-0.25, -0.2) is 0 Å². The van der Waals surface area contributed by atoms with Gasteiger partial charge in [-0.05, 0) is 150 Å². The van der Waals surface area contributed by atoms with Gasteiger partial charge in [0.15, 0.2) is 23.0 Å². The molecule has 0 spiro atoms. The standard InChI is InChI=1S/C63H62N2O2S2.C2H6/c1-11-43(39(4)5)45-21-17-27-53-63(45)67-55-29-15-13-23-49(55)65(53)51-25-19-31-57-61(51)47-35-33-42(37-59(47)69(57,9)10)41-32-34-46-58(36-41)68(7,8)56-30-18-24-50(60(46)56)64-48-22-12-14-28-54(48)66-62-44(40(6)38(2)3)20-16-26-52(62)64;1-2/h12-40,43H,11H2,1-10H3;1-2H3. The van der Waals surface area contributed by atoms with Crippen LogP contribution in [0.15, 0.2) is 177 Å². The SMILES string of the molecule is CC.CCC(c1cccc2c1Oc1ccccc1N2c1cccc2c1-c1ccc(-c3ccc4c(c3)S(C)(C)c3cccc(N5c6ccccc6Oc6c(C(C)C(C)C)cccc65)c3-4)cc1S2(C)C)C(C)C. The molecule has 8 aromatic rings. The lowest BCUT2D eigenvalue weighted by atomic mass is 9.85. The molecule has 0 aliphatic carbocycles. The van der Waals surface area contributed by atoms with Crippen molar-refractivity contribution in [3.8, 4) is 56.4 Å². The molecule has 0 radical (unpaired) electrons. The van der Waals surface area contributed by atoms with Gasteiger partial charge in [0.1, 0.15) is 0 Å². The Morgan fingerprint density at radius 3 is 1.28 bits per heavy atom. The van der Waals surface area contributed by atoms with E-state index >= 15 is 0 Å². The molecule has 0 aromatic heterocycles. The van der Waals surface area contributed by atoms with E-state index in [2.05, 4.69) is 234 Å². The highest BCUT2D eigenvalue weighted by molar-refractivity contribution is 8.33. The van der Waals surface area contributed by atoms with Gasteiger partial charge in [0.2, 0.25) is 0 Å². The Balaban J connectivity index is 0.00000270. The van der Waals surface area contributed by atoms with E-state index in [1.165, 1.54) is 75.5 Å². The van der Waals surface area contributed by atoms with Crippen LogP contribution in [-0.4, -0.2) is 25.0 Å². The summed E-state index contributed by atoms with van der Waals surface area (Å²) in [4.78, 5) is 10.7. The molecule has 2 unspecified atom stereocenters. The number of para-hydroxylation sites is 6. The van der Waals surface area contributed by atoms with E-state index in [9.17, 15) is 0 Å². The normalized spacial score (nSPS) is 16.5. The van der Waals surface area contributed by atoms with Crippen molar-refractivity contribution in [3.63, 3.8) is 0 Å². The Bertz CT molecular complexity index is 3400. The molecule has 0 N–H and O–H groups in total. The van der Waals surface area contributed by atoms with Crippen LogP contribution in [-0.2, 0) is 0 Å². The molecule has 2 atom stereocenters. The van der Waals surface area contributed by atoms with Crippen LogP contribution in [0.1, 0.15) is 84.8 Å². The lowest BCUT2D eigenvalue weighted by Gasteiger charge is -2.36. The molecule has 8 aromatic carbocycles. The van der Waals surface area contributed by atoms with Gasteiger partial charge < -0.3 is 19.3 Å².